The van der Waals surface area contributed by atoms with Gasteiger partial charge in [0.15, 0.2) is 0 Å². The number of nitrogens with zero attached hydrogens (tertiary/aromatic N) is 1. The number of hydrogen-bond acceptors (Lipinski definition) is 3. The van der Waals surface area contributed by atoms with Gasteiger partial charge in [-0.25, -0.2) is 0 Å². The highest BCUT2D eigenvalue weighted by molar-refractivity contribution is 4.84. The molecule has 0 aromatic heterocycles. The molecule has 1 saturated heterocycles. The Kier molecular flexibility index (Phi) is 8.67. The molecule has 3 unspecified atom stereocenters. The summed E-state index contributed by atoms with van der Waals surface area (Å²) in [5.41, 5.74) is 0. The van der Waals surface area contributed by atoms with Crippen molar-refractivity contribution in [1.29, 1.82) is 0 Å². The largest absolute Gasteiger partial charge is 0.374 e. The van der Waals surface area contributed by atoms with Crippen LogP contribution in [-0.4, -0.2) is 49.8 Å². The SMILES string of the molecule is CCCNC(CC(C)CCC)C1CN(CC)CCO1. The molecule has 0 bridgehead atoms. The van der Waals surface area contributed by atoms with Crippen LogP contribution in [0.1, 0.15) is 53.4 Å². The lowest BCUT2D eigenvalue weighted by molar-refractivity contribution is -0.0483. The third-order valence-electron chi connectivity index (χ3n) is 4.17. The molecule has 1 aliphatic rings. The lowest BCUT2D eigenvalue weighted by Crippen LogP contribution is -2.52. The lowest BCUT2D eigenvalue weighted by Gasteiger charge is -2.38. The van der Waals surface area contributed by atoms with E-state index in [9.17, 15) is 0 Å². The van der Waals surface area contributed by atoms with Crippen LogP contribution in [0.2, 0.25) is 0 Å². The van der Waals surface area contributed by atoms with E-state index in [0.717, 1.165) is 38.7 Å². The monoisotopic (exact) mass is 270 g/mol. The fourth-order valence-electron chi connectivity index (χ4n) is 3.00. The molecule has 0 aromatic carbocycles. The molecule has 1 aliphatic heterocycles. The van der Waals surface area contributed by atoms with Crippen molar-refractivity contribution in [2.45, 2.75) is 65.5 Å². The first kappa shape index (κ1) is 16.9. The molecule has 3 atom stereocenters. The van der Waals surface area contributed by atoms with E-state index in [-0.39, 0.29) is 0 Å². The van der Waals surface area contributed by atoms with Gasteiger partial charge in [0, 0.05) is 19.1 Å². The lowest BCUT2D eigenvalue weighted by atomic mass is 9.93. The summed E-state index contributed by atoms with van der Waals surface area (Å²) in [6.45, 7) is 14.5. The van der Waals surface area contributed by atoms with E-state index < -0.39 is 0 Å². The van der Waals surface area contributed by atoms with Gasteiger partial charge in [-0.2, -0.15) is 0 Å². The molecule has 114 valence electrons. The molecule has 1 N–H and O–H groups in total. The van der Waals surface area contributed by atoms with Gasteiger partial charge in [-0.3, -0.25) is 4.90 Å². The van der Waals surface area contributed by atoms with Crippen LogP contribution in [0, 0.1) is 5.92 Å². The molecular formula is C16H34N2O. The summed E-state index contributed by atoms with van der Waals surface area (Å²) < 4.78 is 6.04. The Morgan fingerprint density at radius 2 is 2.05 bits per heavy atom. The van der Waals surface area contributed by atoms with Crippen molar-refractivity contribution in [3.8, 4) is 0 Å². The van der Waals surface area contributed by atoms with E-state index >= 15 is 0 Å². The van der Waals surface area contributed by atoms with E-state index in [4.69, 9.17) is 4.74 Å². The highest BCUT2D eigenvalue weighted by Crippen LogP contribution is 2.18. The number of hydrogen-bond donors (Lipinski definition) is 1. The first-order valence-electron chi connectivity index (χ1n) is 8.28. The standard InChI is InChI=1S/C16H34N2O/c1-5-8-14(4)12-15(17-9-6-2)16-13-18(7-3)10-11-19-16/h14-17H,5-13H2,1-4H3. The second kappa shape index (κ2) is 9.73. The van der Waals surface area contributed by atoms with Gasteiger partial charge in [-0.15, -0.1) is 0 Å². The highest BCUT2D eigenvalue weighted by atomic mass is 16.5. The van der Waals surface area contributed by atoms with E-state index in [1.54, 1.807) is 0 Å². The number of ether oxygens (including phenoxy) is 1. The van der Waals surface area contributed by atoms with Crippen LogP contribution in [0.5, 0.6) is 0 Å². The minimum atomic E-state index is 0.375. The molecule has 1 fully saturated rings. The van der Waals surface area contributed by atoms with E-state index in [0.29, 0.717) is 12.1 Å². The Balaban J connectivity index is 2.50. The van der Waals surface area contributed by atoms with Crippen LogP contribution < -0.4 is 5.32 Å². The molecule has 0 amide bonds. The Morgan fingerprint density at radius 1 is 1.26 bits per heavy atom. The average Bonchev–Trinajstić information content (AvgIpc) is 2.43. The second-order valence-corrected chi connectivity index (χ2v) is 5.99. The third-order valence-corrected chi connectivity index (χ3v) is 4.17. The van der Waals surface area contributed by atoms with E-state index in [1.165, 1.54) is 25.7 Å². The molecule has 3 nitrogen and oxygen atoms in total. The number of rotatable bonds is 9. The highest BCUT2D eigenvalue weighted by Gasteiger charge is 2.28. The maximum Gasteiger partial charge on any atom is 0.0855 e. The van der Waals surface area contributed by atoms with Crippen molar-refractivity contribution >= 4 is 0 Å². The van der Waals surface area contributed by atoms with Gasteiger partial charge in [0.25, 0.3) is 0 Å². The van der Waals surface area contributed by atoms with Gasteiger partial charge < -0.3 is 10.1 Å². The summed E-state index contributed by atoms with van der Waals surface area (Å²) in [5, 5.41) is 3.72. The average molecular weight is 270 g/mol. The first-order chi connectivity index (χ1) is 9.21. The number of nitrogens with one attached hydrogen (secondary N) is 1. The Morgan fingerprint density at radius 3 is 2.68 bits per heavy atom. The molecule has 3 heteroatoms. The molecule has 1 heterocycles. The third kappa shape index (κ3) is 6.24. The van der Waals surface area contributed by atoms with Crippen LogP contribution in [0.15, 0.2) is 0 Å². The Labute approximate surface area is 120 Å². The van der Waals surface area contributed by atoms with Crippen LogP contribution in [0.3, 0.4) is 0 Å². The molecule has 0 radical (unpaired) electrons. The van der Waals surface area contributed by atoms with Crippen LogP contribution in [0.25, 0.3) is 0 Å². The van der Waals surface area contributed by atoms with E-state index in [1.807, 2.05) is 0 Å². The van der Waals surface area contributed by atoms with Crippen molar-refractivity contribution in [3.63, 3.8) is 0 Å². The van der Waals surface area contributed by atoms with Gasteiger partial charge in [0.2, 0.25) is 0 Å². The minimum Gasteiger partial charge on any atom is -0.374 e. The minimum absolute atomic E-state index is 0.375. The zero-order chi connectivity index (χ0) is 14.1. The van der Waals surface area contributed by atoms with Gasteiger partial charge in [0.1, 0.15) is 0 Å². The Hall–Kier alpha value is -0.120. The zero-order valence-electron chi connectivity index (χ0n) is 13.5. The first-order valence-corrected chi connectivity index (χ1v) is 8.28. The molecule has 0 aromatic rings. The van der Waals surface area contributed by atoms with Crippen molar-refractivity contribution in [2.24, 2.45) is 5.92 Å². The van der Waals surface area contributed by atoms with Gasteiger partial charge in [-0.05, 0) is 31.8 Å². The molecule has 19 heavy (non-hydrogen) atoms. The normalized spacial score (nSPS) is 24.3. The predicted molar refractivity (Wildman–Crippen MR) is 82.6 cm³/mol. The summed E-state index contributed by atoms with van der Waals surface area (Å²) in [6.07, 6.45) is 5.43. The summed E-state index contributed by atoms with van der Waals surface area (Å²) >= 11 is 0. The summed E-state index contributed by atoms with van der Waals surface area (Å²) in [4.78, 5) is 2.51. The topological polar surface area (TPSA) is 24.5 Å². The van der Waals surface area contributed by atoms with Crippen molar-refractivity contribution in [1.82, 2.24) is 10.2 Å². The number of likely N-dealkylation sites (N-methyl/N-ethyl adjacent to an activating group) is 1. The number of morpholine rings is 1. The fraction of sp³-hybridized carbons (Fsp3) is 1.00. The molecule has 1 rings (SSSR count). The van der Waals surface area contributed by atoms with Crippen LogP contribution in [-0.2, 0) is 4.74 Å². The van der Waals surface area contributed by atoms with Gasteiger partial charge >= 0.3 is 0 Å². The van der Waals surface area contributed by atoms with Crippen molar-refractivity contribution in [3.05, 3.63) is 0 Å². The fourth-order valence-corrected chi connectivity index (χ4v) is 3.00. The maximum absolute atomic E-state index is 6.04. The predicted octanol–water partition coefficient (Wildman–Crippen LogP) is 2.90. The maximum atomic E-state index is 6.04. The molecule has 0 saturated carbocycles. The zero-order valence-corrected chi connectivity index (χ0v) is 13.5. The van der Waals surface area contributed by atoms with Gasteiger partial charge in [-0.1, -0.05) is 40.5 Å². The summed E-state index contributed by atoms with van der Waals surface area (Å²) in [6, 6.07) is 0.524. The van der Waals surface area contributed by atoms with Crippen LogP contribution >= 0.6 is 0 Å². The smallest absolute Gasteiger partial charge is 0.0855 e. The summed E-state index contributed by atoms with van der Waals surface area (Å²) in [5.74, 6) is 0.792. The van der Waals surface area contributed by atoms with Crippen molar-refractivity contribution in [2.75, 3.05) is 32.8 Å². The second-order valence-electron chi connectivity index (χ2n) is 5.99. The molecule has 0 spiro atoms. The molecular weight excluding hydrogens is 236 g/mol. The Bertz CT molecular complexity index is 223. The van der Waals surface area contributed by atoms with E-state index in [2.05, 4.69) is 37.9 Å². The van der Waals surface area contributed by atoms with Gasteiger partial charge in [0.05, 0.1) is 12.7 Å². The quantitative estimate of drug-likeness (QED) is 0.697. The molecule has 0 aliphatic carbocycles. The van der Waals surface area contributed by atoms with Crippen LogP contribution in [0.4, 0.5) is 0 Å². The van der Waals surface area contributed by atoms with Crippen molar-refractivity contribution < 1.29 is 4.74 Å². The summed E-state index contributed by atoms with van der Waals surface area (Å²) in [7, 11) is 0.